The van der Waals surface area contributed by atoms with E-state index in [-0.39, 0.29) is 11.0 Å². The fourth-order valence-electron chi connectivity index (χ4n) is 2.52. The van der Waals surface area contributed by atoms with Crippen molar-refractivity contribution in [2.75, 3.05) is 25.0 Å². The lowest BCUT2D eigenvalue weighted by molar-refractivity contribution is -0.137. The van der Waals surface area contributed by atoms with E-state index in [0.717, 1.165) is 38.1 Å². The number of hydrogen-bond acceptors (Lipinski definition) is 3. The largest absolute Gasteiger partial charge is 0.416 e. The van der Waals surface area contributed by atoms with E-state index in [1.807, 2.05) is 0 Å². The first-order valence-electron chi connectivity index (χ1n) is 6.63. The van der Waals surface area contributed by atoms with Gasteiger partial charge in [0.2, 0.25) is 0 Å². The molecule has 1 atom stereocenters. The van der Waals surface area contributed by atoms with Crippen molar-refractivity contribution in [3.63, 3.8) is 0 Å². The number of likely N-dealkylation sites (tertiary alicyclic amines) is 1. The van der Waals surface area contributed by atoms with Crippen molar-refractivity contribution >= 4 is 17.4 Å². The van der Waals surface area contributed by atoms with E-state index in [2.05, 4.69) is 22.1 Å². The highest BCUT2D eigenvalue weighted by Crippen LogP contribution is 2.32. The topological polar surface area (TPSA) is 28.2 Å². The van der Waals surface area contributed by atoms with Crippen LogP contribution in [0, 0.1) is 0 Å². The number of pyridine rings is 1. The average molecular weight is 308 g/mol. The summed E-state index contributed by atoms with van der Waals surface area (Å²) in [6, 6.07) is 2.17. The number of rotatable bonds is 4. The Bertz CT molecular complexity index is 465. The molecule has 0 aliphatic carbocycles. The zero-order chi connectivity index (χ0) is 14.8. The Hall–Kier alpha value is -1.01. The van der Waals surface area contributed by atoms with Gasteiger partial charge < -0.3 is 5.32 Å². The summed E-state index contributed by atoms with van der Waals surface area (Å²) >= 11 is 5.65. The number of halogens is 4. The molecule has 1 saturated heterocycles. The highest BCUT2D eigenvalue weighted by Gasteiger charge is 2.31. The summed E-state index contributed by atoms with van der Waals surface area (Å²) in [5, 5.41) is 2.82. The molecule has 1 aliphatic heterocycles. The summed E-state index contributed by atoms with van der Waals surface area (Å²) in [6.45, 7) is 4.65. The first-order valence-corrected chi connectivity index (χ1v) is 7.00. The Balaban J connectivity index is 2.04. The van der Waals surface area contributed by atoms with Crippen LogP contribution in [0.25, 0.3) is 0 Å². The number of nitrogens with zero attached hydrogens (tertiary/aromatic N) is 2. The summed E-state index contributed by atoms with van der Waals surface area (Å²) in [7, 11) is 0. The monoisotopic (exact) mass is 307 g/mol. The predicted molar refractivity (Wildman–Crippen MR) is 73.0 cm³/mol. The molecule has 2 rings (SSSR count). The van der Waals surface area contributed by atoms with Gasteiger partial charge in [0.25, 0.3) is 0 Å². The Morgan fingerprint density at radius 2 is 2.20 bits per heavy atom. The molecule has 20 heavy (non-hydrogen) atoms. The molecule has 0 spiro atoms. The Labute approximate surface area is 121 Å². The molecular formula is C13H17ClF3N3. The van der Waals surface area contributed by atoms with Crippen LogP contribution < -0.4 is 5.32 Å². The van der Waals surface area contributed by atoms with E-state index >= 15 is 0 Å². The van der Waals surface area contributed by atoms with Crippen LogP contribution in [0.3, 0.4) is 0 Å². The van der Waals surface area contributed by atoms with Crippen LogP contribution >= 0.6 is 11.6 Å². The highest BCUT2D eigenvalue weighted by atomic mass is 35.5. The number of anilines is 1. The quantitative estimate of drug-likeness (QED) is 0.861. The lowest BCUT2D eigenvalue weighted by Crippen LogP contribution is -2.34. The van der Waals surface area contributed by atoms with Crippen molar-refractivity contribution in [3.8, 4) is 0 Å². The van der Waals surface area contributed by atoms with Crippen molar-refractivity contribution in [1.29, 1.82) is 0 Å². The minimum atomic E-state index is -4.41. The van der Waals surface area contributed by atoms with E-state index in [9.17, 15) is 13.2 Å². The minimum absolute atomic E-state index is 0.152. The van der Waals surface area contributed by atoms with E-state index in [1.54, 1.807) is 0 Å². The molecule has 1 fully saturated rings. The molecule has 3 nitrogen and oxygen atoms in total. The average Bonchev–Trinajstić information content (AvgIpc) is 2.82. The van der Waals surface area contributed by atoms with Crippen molar-refractivity contribution in [2.24, 2.45) is 0 Å². The fraction of sp³-hybridized carbons (Fsp3) is 0.615. The van der Waals surface area contributed by atoms with Gasteiger partial charge in [-0.15, -0.1) is 0 Å². The normalized spacial score (nSPS) is 20.4. The molecule has 1 aliphatic rings. The standard InChI is InChI=1S/C13H17ClF3N3/c1-2-20-5-3-4-10(20)8-18-12-7-9(13(15,16)17)6-11(14)19-12/h6-7,10H,2-5,8H2,1H3,(H,18,19). The number of likely N-dealkylation sites (N-methyl/N-ethyl adjacent to an activating group) is 1. The molecule has 0 bridgehead atoms. The number of alkyl halides is 3. The maximum absolute atomic E-state index is 12.7. The number of hydrogen-bond donors (Lipinski definition) is 1. The van der Waals surface area contributed by atoms with E-state index in [1.165, 1.54) is 0 Å². The highest BCUT2D eigenvalue weighted by molar-refractivity contribution is 6.29. The lowest BCUT2D eigenvalue weighted by Gasteiger charge is -2.23. The summed E-state index contributed by atoms with van der Waals surface area (Å²) < 4.78 is 38.0. The van der Waals surface area contributed by atoms with Gasteiger partial charge >= 0.3 is 6.18 Å². The maximum Gasteiger partial charge on any atom is 0.416 e. The lowest BCUT2D eigenvalue weighted by atomic mass is 10.2. The van der Waals surface area contributed by atoms with Gasteiger partial charge in [0.05, 0.1) is 5.56 Å². The minimum Gasteiger partial charge on any atom is -0.368 e. The summed E-state index contributed by atoms with van der Waals surface area (Å²) in [5.41, 5.74) is -0.779. The van der Waals surface area contributed by atoms with Gasteiger partial charge in [-0.3, -0.25) is 4.90 Å². The van der Waals surface area contributed by atoms with Crippen LogP contribution in [0.2, 0.25) is 5.15 Å². The fourth-order valence-corrected chi connectivity index (χ4v) is 2.72. The first kappa shape index (κ1) is 15.4. The summed E-state index contributed by atoms with van der Waals surface area (Å²) in [6.07, 6.45) is -2.24. The third-order valence-electron chi connectivity index (χ3n) is 3.55. The molecule has 1 aromatic rings. The molecule has 112 valence electrons. The molecule has 0 amide bonds. The van der Waals surface area contributed by atoms with Gasteiger partial charge in [-0.25, -0.2) is 4.98 Å². The SMILES string of the molecule is CCN1CCCC1CNc1cc(C(F)(F)F)cc(Cl)n1. The third kappa shape index (κ3) is 3.76. The van der Waals surface area contributed by atoms with Crippen LogP contribution in [0.15, 0.2) is 12.1 Å². The van der Waals surface area contributed by atoms with Gasteiger partial charge in [-0.05, 0) is 38.1 Å². The second kappa shape index (κ2) is 6.18. The number of nitrogens with one attached hydrogen (secondary N) is 1. The molecule has 1 aromatic heterocycles. The first-order chi connectivity index (χ1) is 9.40. The number of aromatic nitrogens is 1. The third-order valence-corrected chi connectivity index (χ3v) is 3.74. The van der Waals surface area contributed by atoms with Crippen molar-refractivity contribution in [2.45, 2.75) is 32.0 Å². The van der Waals surface area contributed by atoms with Crippen LogP contribution in [-0.4, -0.2) is 35.6 Å². The van der Waals surface area contributed by atoms with E-state index in [4.69, 9.17) is 11.6 Å². The van der Waals surface area contributed by atoms with Crippen LogP contribution in [0.4, 0.5) is 19.0 Å². The molecule has 0 aromatic carbocycles. The van der Waals surface area contributed by atoms with Crippen LogP contribution in [0.5, 0.6) is 0 Å². The Morgan fingerprint density at radius 3 is 2.85 bits per heavy atom. The van der Waals surface area contributed by atoms with Gasteiger partial charge in [0.1, 0.15) is 11.0 Å². The zero-order valence-corrected chi connectivity index (χ0v) is 11.9. The summed E-state index contributed by atoms with van der Waals surface area (Å²) in [4.78, 5) is 6.20. The van der Waals surface area contributed by atoms with Crippen molar-refractivity contribution in [1.82, 2.24) is 9.88 Å². The van der Waals surface area contributed by atoms with Gasteiger partial charge in [0.15, 0.2) is 0 Å². The molecule has 0 radical (unpaired) electrons. The Kier molecular flexibility index (Phi) is 4.75. The molecule has 0 saturated carbocycles. The molecule has 7 heteroatoms. The molecule has 1 unspecified atom stereocenters. The molecular weight excluding hydrogens is 291 g/mol. The molecule has 1 N–H and O–H groups in total. The second-order valence-corrected chi connectivity index (χ2v) is 5.25. The van der Waals surface area contributed by atoms with Crippen molar-refractivity contribution < 1.29 is 13.2 Å². The van der Waals surface area contributed by atoms with Crippen LogP contribution in [0.1, 0.15) is 25.3 Å². The van der Waals surface area contributed by atoms with Crippen molar-refractivity contribution in [3.05, 3.63) is 22.8 Å². The van der Waals surface area contributed by atoms with Gasteiger partial charge in [0, 0.05) is 12.6 Å². The van der Waals surface area contributed by atoms with E-state index < -0.39 is 11.7 Å². The van der Waals surface area contributed by atoms with Gasteiger partial charge in [-0.2, -0.15) is 13.2 Å². The predicted octanol–water partition coefficient (Wildman–Crippen LogP) is 3.65. The smallest absolute Gasteiger partial charge is 0.368 e. The maximum atomic E-state index is 12.7. The van der Waals surface area contributed by atoms with Crippen LogP contribution in [-0.2, 0) is 6.18 Å². The summed E-state index contributed by atoms with van der Waals surface area (Å²) in [5.74, 6) is 0.174. The van der Waals surface area contributed by atoms with E-state index in [0.29, 0.717) is 12.6 Å². The zero-order valence-electron chi connectivity index (χ0n) is 11.2. The Morgan fingerprint density at radius 1 is 1.45 bits per heavy atom. The van der Waals surface area contributed by atoms with Gasteiger partial charge in [-0.1, -0.05) is 18.5 Å². The second-order valence-electron chi connectivity index (χ2n) is 4.87. The molecule has 2 heterocycles.